The molecule has 0 amide bonds. The second kappa shape index (κ2) is 63.1. The highest BCUT2D eigenvalue weighted by atomic mass is 31.2. The van der Waals surface area contributed by atoms with Crippen molar-refractivity contribution in [3.8, 4) is 0 Å². The number of hydrogen-bond donors (Lipinski definition) is 3. The number of esters is 4. The highest BCUT2D eigenvalue weighted by molar-refractivity contribution is 7.47. The number of ether oxygens (including phenoxy) is 4. The van der Waals surface area contributed by atoms with Gasteiger partial charge in [-0.05, 0) is 37.5 Å². The number of phosphoric ester groups is 2. The standard InChI is InChI=1S/C71H138O17P2/c1-7-9-11-13-14-15-16-17-18-19-20-21-22-27-32-37-43-49-55-70(75)88-67(60-82-69(74)54-48-42-36-31-26-24-23-25-29-34-40-45-51-63(3)4)62-86-90(79,80)84-58-65(72)57-83-89(77,78)85-61-66(59-81-68(73)53-47-39-12-10-8-2)87-71(76)56-50-44-38-33-28-30-35-41-46-52-64(5)6/h63-67,72H,7-62H2,1-6H3,(H,77,78)(H,79,80)/t65-,66+,67+/m0/s1. The van der Waals surface area contributed by atoms with E-state index in [1.54, 1.807) is 0 Å². The number of aliphatic hydroxyl groups excluding tert-OH is 1. The summed E-state index contributed by atoms with van der Waals surface area (Å²) in [6.45, 7) is 9.46. The van der Waals surface area contributed by atoms with Crippen LogP contribution in [-0.2, 0) is 65.4 Å². The average molecular weight is 1330 g/mol. The fourth-order valence-corrected chi connectivity index (χ4v) is 12.3. The van der Waals surface area contributed by atoms with Crippen molar-refractivity contribution in [3.05, 3.63) is 0 Å². The summed E-state index contributed by atoms with van der Waals surface area (Å²) in [5.74, 6) is -0.615. The predicted octanol–water partition coefficient (Wildman–Crippen LogP) is 20.4. The number of carbonyl (C=O) groups is 4. The molecule has 0 aromatic carbocycles. The molecule has 0 rings (SSSR count). The largest absolute Gasteiger partial charge is 0.472 e. The molecular weight excluding hydrogens is 1190 g/mol. The van der Waals surface area contributed by atoms with Gasteiger partial charge >= 0.3 is 39.5 Å². The monoisotopic (exact) mass is 1320 g/mol. The van der Waals surface area contributed by atoms with E-state index in [9.17, 15) is 43.2 Å². The van der Waals surface area contributed by atoms with Crippen molar-refractivity contribution >= 4 is 39.5 Å². The Morgan fingerprint density at radius 1 is 0.300 bits per heavy atom. The molecule has 17 nitrogen and oxygen atoms in total. The van der Waals surface area contributed by atoms with E-state index in [0.717, 1.165) is 108 Å². The van der Waals surface area contributed by atoms with E-state index < -0.39 is 97.5 Å². The van der Waals surface area contributed by atoms with Gasteiger partial charge in [0.15, 0.2) is 12.2 Å². The maximum Gasteiger partial charge on any atom is 0.472 e. The van der Waals surface area contributed by atoms with Crippen LogP contribution in [0.2, 0.25) is 0 Å². The Morgan fingerprint density at radius 2 is 0.511 bits per heavy atom. The van der Waals surface area contributed by atoms with Crippen molar-refractivity contribution in [2.75, 3.05) is 39.6 Å². The molecule has 3 N–H and O–H groups in total. The summed E-state index contributed by atoms with van der Waals surface area (Å²) >= 11 is 0. The van der Waals surface area contributed by atoms with Crippen LogP contribution in [-0.4, -0.2) is 96.7 Å². The quantitative estimate of drug-likeness (QED) is 0.0222. The molecule has 2 unspecified atom stereocenters. The minimum Gasteiger partial charge on any atom is -0.462 e. The first-order valence-electron chi connectivity index (χ1n) is 37.0. The summed E-state index contributed by atoms with van der Waals surface area (Å²) in [7, 11) is -9.89. The number of unbranched alkanes of at least 4 members (excludes halogenated alkanes) is 40. The lowest BCUT2D eigenvalue weighted by molar-refractivity contribution is -0.161. The van der Waals surface area contributed by atoms with Gasteiger partial charge in [-0.15, -0.1) is 0 Å². The zero-order chi connectivity index (χ0) is 66.5. The zero-order valence-corrected chi connectivity index (χ0v) is 60.2. The predicted molar refractivity (Wildman–Crippen MR) is 363 cm³/mol. The van der Waals surface area contributed by atoms with E-state index in [-0.39, 0.29) is 25.7 Å². The molecule has 0 aromatic rings. The van der Waals surface area contributed by atoms with Crippen LogP contribution in [0.5, 0.6) is 0 Å². The van der Waals surface area contributed by atoms with Gasteiger partial charge in [0, 0.05) is 25.7 Å². The Bertz CT molecular complexity index is 1750. The van der Waals surface area contributed by atoms with Crippen molar-refractivity contribution in [2.45, 2.75) is 381 Å². The molecule has 534 valence electrons. The topological polar surface area (TPSA) is 237 Å². The van der Waals surface area contributed by atoms with Gasteiger partial charge in [0.1, 0.15) is 19.3 Å². The van der Waals surface area contributed by atoms with Gasteiger partial charge in [-0.25, -0.2) is 9.13 Å². The third kappa shape index (κ3) is 64.8. The van der Waals surface area contributed by atoms with Crippen LogP contribution in [0, 0.1) is 11.8 Å². The molecule has 0 bridgehead atoms. The summed E-state index contributed by atoms with van der Waals surface area (Å²) in [6.07, 6.45) is 49.0. The minimum absolute atomic E-state index is 0.104. The summed E-state index contributed by atoms with van der Waals surface area (Å²) in [4.78, 5) is 72.3. The molecule has 5 atom stereocenters. The SMILES string of the molecule is CCCCCCCCCCCCCCCCCCCCC(=O)O[C@H](COC(=O)CCCCCCCCCCCCCCC(C)C)COP(=O)(O)OC[C@@H](O)COP(=O)(O)OC[C@@H](COC(=O)CCCCCCC)OC(=O)CCCCCCCCCCCC(C)C. The molecule has 0 saturated heterocycles. The van der Waals surface area contributed by atoms with Gasteiger partial charge in [0.05, 0.1) is 26.4 Å². The molecule has 0 radical (unpaired) electrons. The van der Waals surface area contributed by atoms with Crippen molar-refractivity contribution in [1.29, 1.82) is 0 Å². The molecule has 19 heteroatoms. The van der Waals surface area contributed by atoms with E-state index >= 15 is 0 Å². The Labute approximate surface area is 549 Å². The molecule has 90 heavy (non-hydrogen) atoms. The Hall–Kier alpha value is -1.94. The molecule has 0 aromatic heterocycles. The molecule has 0 aliphatic carbocycles. The van der Waals surface area contributed by atoms with Crippen LogP contribution >= 0.6 is 15.6 Å². The Kier molecular flexibility index (Phi) is 61.8. The highest BCUT2D eigenvalue weighted by Crippen LogP contribution is 2.45. The van der Waals surface area contributed by atoms with Gasteiger partial charge in [-0.3, -0.25) is 37.3 Å². The minimum atomic E-state index is -4.95. The first-order chi connectivity index (χ1) is 43.4. The van der Waals surface area contributed by atoms with Gasteiger partial charge in [-0.1, -0.05) is 311 Å². The number of phosphoric acid groups is 2. The van der Waals surface area contributed by atoms with Crippen molar-refractivity contribution in [3.63, 3.8) is 0 Å². The normalized spacial score (nSPS) is 14.1. The fraction of sp³-hybridized carbons (Fsp3) is 0.944. The van der Waals surface area contributed by atoms with Crippen LogP contribution in [0.15, 0.2) is 0 Å². The molecule has 0 spiro atoms. The number of carbonyl (C=O) groups excluding carboxylic acids is 4. The zero-order valence-electron chi connectivity index (χ0n) is 58.4. The van der Waals surface area contributed by atoms with Gasteiger partial charge in [0.25, 0.3) is 0 Å². The lowest BCUT2D eigenvalue weighted by Gasteiger charge is -2.21. The molecule has 0 fully saturated rings. The summed E-state index contributed by atoms with van der Waals surface area (Å²) < 4.78 is 68.1. The molecule has 0 saturated carbocycles. The van der Waals surface area contributed by atoms with Gasteiger partial charge in [0.2, 0.25) is 0 Å². The van der Waals surface area contributed by atoms with Crippen LogP contribution in [0.25, 0.3) is 0 Å². The van der Waals surface area contributed by atoms with Crippen LogP contribution < -0.4 is 0 Å². The lowest BCUT2D eigenvalue weighted by Crippen LogP contribution is -2.30. The fourth-order valence-electron chi connectivity index (χ4n) is 10.8. The van der Waals surface area contributed by atoms with Crippen LogP contribution in [0.3, 0.4) is 0 Å². The van der Waals surface area contributed by atoms with Gasteiger partial charge in [-0.2, -0.15) is 0 Å². The smallest absolute Gasteiger partial charge is 0.462 e. The Balaban J connectivity index is 5.15. The first kappa shape index (κ1) is 88.1. The molecule has 0 heterocycles. The van der Waals surface area contributed by atoms with E-state index in [4.69, 9.17) is 37.0 Å². The molecule has 0 aliphatic rings. The number of aliphatic hydroxyl groups is 1. The highest BCUT2D eigenvalue weighted by Gasteiger charge is 2.30. The number of rotatable bonds is 70. The van der Waals surface area contributed by atoms with Crippen molar-refractivity contribution in [1.82, 2.24) is 0 Å². The summed E-state index contributed by atoms with van der Waals surface area (Å²) in [5.41, 5.74) is 0. The summed E-state index contributed by atoms with van der Waals surface area (Å²) in [5, 5.41) is 10.6. The summed E-state index contributed by atoms with van der Waals surface area (Å²) in [6, 6.07) is 0. The van der Waals surface area contributed by atoms with E-state index in [1.165, 1.54) is 173 Å². The van der Waals surface area contributed by atoms with E-state index in [0.29, 0.717) is 25.7 Å². The Morgan fingerprint density at radius 3 is 0.756 bits per heavy atom. The maximum absolute atomic E-state index is 13.0. The van der Waals surface area contributed by atoms with E-state index in [2.05, 4.69) is 41.5 Å². The van der Waals surface area contributed by atoms with Crippen LogP contribution in [0.1, 0.15) is 363 Å². The average Bonchev–Trinajstić information content (AvgIpc) is 3.62. The first-order valence-corrected chi connectivity index (χ1v) is 40.0. The molecule has 0 aliphatic heterocycles. The second-order valence-corrected chi connectivity index (χ2v) is 29.5. The number of hydrogen-bond acceptors (Lipinski definition) is 15. The second-order valence-electron chi connectivity index (χ2n) is 26.6. The van der Waals surface area contributed by atoms with Crippen LogP contribution in [0.4, 0.5) is 0 Å². The van der Waals surface area contributed by atoms with E-state index in [1.807, 2.05) is 0 Å². The lowest BCUT2D eigenvalue weighted by atomic mass is 10.0. The molecular formula is C71H138O17P2. The van der Waals surface area contributed by atoms with Crippen molar-refractivity contribution in [2.24, 2.45) is 11.8 Å². The third-order valence-electron chi connectivity index (χ3n) is 16.5. The van der Waals surface area contributed by atoms with Crippen molar-refractivity contribution < 1.29 is 80.2 Å². The van der Waals surface area contributed by atoms with Gasteiger partial charge < -0.3 is 33.8 Å². The third-order valence-corrected chi connectivity index (χ3v) is 18.4. The maximum atomic E-state index is 13.0.